The monoisotopic (exact) mass is 288 g/mol. The van der Waals surface area contributed by atoms with Crippen molar-refractivity contribution < 1.29 is 19.1 Å². The van der Waals surface area contributed by atoms with Crippen LogP contribution in [-0.2, 0) is 19.1 Å². The fourth-order valence-electron chi connectivity index (χ4n) is 4.01. The molecular weight excluding hydrogens is 268 g/mol. The predicted molar refractivity (Wildman–Crippen MR) is 77.2 cm³/mol. The van der Waals surface area contributed by atoms with E-state index in [-0.39, 0.29) is 41.9 Å². The summed E-state index contributed by atoms with van der Waals surface area (Å²) in [5.41, 5.74) is 2.53. The summed E-state index contributed by atoms with van der Waals surface area (Å²) < 4.78 is 10.9. The number of rotatable bonds is 1. The number of hydrogen-bond donors (Lipinski definition) is 0. The molecular formula is C17H20O4. The van der Waals surface area contributed by atoms with Gasteiger partial charge in [0.1, 0.15) is 12.2 Å². The molecule has 0 radical (unpaired) electrons. The van der Waals surface area contributed by atoms with Crippen molar-refractivity contribution in [3.05, 3.63) is 36.5 Å². The summed E-state index contributed by atoms with van der Waals surface area (Å²) >= 11 is 0. The average Bonchev–Trinajstić information content (AvgIpc) is 2.81. The number of carbonyl (C=O) groups excluding carboxylic acids is 2. The lowest BCUT2D eigenvalue weighted by Crippen LogP contribution is -2.29. The second kappa shape index (κ2) is 4.86. The Bertz CT molecular complexity index is 559. The van der Waals surface area contributed by atoms with Crippen molar-refractivity contribution in [2.75, 3.05) is 0 Å². The predicted octanol–water partition coefficient (Wildman–Crippen LogP) is 2.56. The van der Waals surface area contributed by atoms with E-state index in [0.29, 0.717) is 12.0 Å². The van der Waals surface area contributed by atoms with Crippen LogP contribution in [-0.4, -0.2) is 24.1 Å². The Morgan fingerprint density at radius 3 is 2.67 bits per heavy atom. The minimum absolute atomic E-state index is 0.0162. The number of allylic oxidation sites excluding steroid dienone is 1. The first-order chi connectivity index (χ1) is 9.90. The standard InChI is InChI=1S/C17H20O4/c1-8-5-6-12-9(2)17(19)21-16(12)15-10(3)14(7-13(8)15)20-11(4)18/h12-16H,1-3,5-7H2,4H3/t12-,13+,14-,15+,16-/m0/s1. The minimum atomic E-state index is -0.312. The normalized spacial score (nSPS) is 38.6. The number of ether oxygens (including phenoxy) is 2. The first-order valence-electron chi connectivity index (χ1n) is 7.33. The second-order valence-electron chi connectivity index (χ2n) is 6.24. The summed E-state index contributed by atoms with van der Waals surface area (Å²) in [5.74, 6) is -0.447. The van der Waals surface area contributed by atoms with Gasteiger partial charge < -0.3 is 9.47 Å². The van der Waals surface area contributed by atoms with E-state index in [4.69, 9.17) is 9.47 Å². The molecule has 0 aromatic carbocycles. The van der Waals surface area contributed by atoms with Crippen LogP contribution in [0.1, 0.15) is 26.2 Å². The summed E-state index contributed by atoms with van der Waals surface area (Å²) in [6, 6.07) is 0. The summed E-state index contributed by atoms with van der Waals surface area (Å²) in [7, 11) is 0. The van der Waals surface area contributed by atoms with Gasteiger partial charge in [-0.2, -0.15) is 0 Å². The van der Waals surface area contributed by atoms with E-state index in [1.165, 1.54) is 6.92 Å². The van der Waals surface area contributed by atoms with Crippen molar-refractivity contribution in [2.45, 2.75) is 38.4 Å². The van der Waals surface area contributed by atoms with E-state index in [1.807, 2.05) is 0 Å². The highest BCUT2D eigenvalue weighted by molar-refractivity contribution is 5.91. The van der Waals surface area contributed by atoms with Crippen LogP contribution >= 0.6 is 0 Å². The van der Waals surface area contributed by atoms with Crippen LogP contribution in [0.25, 0.3) is 0 Å². The maximum absolute atomic E-state index is 11.8. The lowest BCUT2D eigenvalue weighted by molar-refractivity contribution is -0.145. The Morgan fingerprint density at radius 1 is 1.29 bits per heavy atom. The zero-order valence-corrected chi connectivity index (χ0v) is 12.3. The average molecular weight is 288 g/mol. The van der Waals surface area contributed by atoms with Gasteiger partial charge in [-0.15, -0.1) is 0 Å². The third kappa shape index (κ3) is 2.13. The van der Waals surface area contributed by atoms with E-state index in [2.05, 4.69) is 19.7 Å². The zero-order valence-electron chi connectivity index (χ0n) is 12.3. The Hall–Kier alpha value is -1.84. The van der Waals surface area contributed by atoms with Gasteiger partial charge >= 0.3 is 11.9 Å². The molecule has 2 aliphatic carbocycles. The molecule has 3 fully saturated rings. The molecule has 0 aromatic heterocycles. The van der Waals surface area contributed by atoms with Gasteiger partial charge in [0.2, 0.25) is 0 Å². The molecule has 21 heavy (non-hydrogen) atoms. The molecule has 4 nitrogen and oxygen atoms in total. The maximum Gasteiger partial charge on any atom is 0.334 e. The van der Waals surface area contributed by atoms with Crippen LogP contribution in [0.5, 0.6) is 0 Å². The molecule has 2 saturated carbocycles. The number of fused-ring (bicyclic) bond motifs is 3. The van der Waals surface area contributed by atoms with Crippen molar-refractivity contribution in [1.82, 2.24) is 0 Å². The molecule has 0 bridgehead atoms. The highest BCUT2D eigenvalue weighted by atomic mass is 16.6. The van der Waals surface area contributed by atoms with Gasteiger partial charge in [0.05, 0.1) is 0 Å². The third-order valence-electron chi connectivity index (χ3n) is 5.06. The van der Waals surface area contributed by atoms with Crippen LogP contribution in [0.3, 0.4) is 0 Å². The van der Waals surface area contributed by atoms with Gasteiger partial charge in [0.15, 0.2) is 0 Å². The highest BCUT2D eigenvalue weighted by Crippen LogP contribution is 2.52. The van der Waals surface area contributed by atoms with Gasteiger partial charge in [-0.25, -0.2) is 4.79 Å². The Labute approximate surface area is 124 Å². The van der Waals surface area contributed by atoms with E-state index in [9.17, 15) is 9.59 Å². The molecule has 0 amide bonds. The van der Waals surface area contributed by atoms with Gasteiger partial charge in [0, 0.05) is 24.3 Å². The third-order valence-corrected chi connectivity index (χ3v) is 5.06. The summed E-state index contributed by atoms with van der Waals surface area (Å²) in [5, 5.41) is 0. The Balaban J connectivity index is 1.93. The quantitative estimate of drug-likeness (QED) is 0.423. The van der Waals surface area contributed by atoms with E-state index in [1.54, 1.807) is 0 Å². The molecule has 112 valence electrons. The molecule has 1 heterocycles. The van der Waals surface area contributed by atoms with E-state index < -0.39 is 0 Å². The Morgan fingerprint density at radius 2 is 2.00 bits per heavy atom. The SMILES string of the molecule is C=C1[C@H]2[C@H]3OC(=O)C(=C)[C@@H]3CCC(=C)[C@H]2C[C@@H]1OC(C)=O. The lowest BCUT2D eigenvalue weighted by Gasteiger charge is -2.26. The number of hydrogen-bond acceptors (Lipinski definition) is 4. The van der Waals surface area contributed by atoms with Crippen molar-refractivity contribution >= 4 is 11.9 Å². The molecule has 1 aliphatic heterocycles. The summed E-state index contributed by atoms with van der Waals surface area (Å²) in [6.45, 7) is 13.6. The highest BCUT2D eigenvalue weighted by Gasteiger charge is 2.53. The molecule has 0 aromatic rings. The van der Waals surface area contributed by atoms with E-state index in [0.717, 1.165) is 24.0 Å². The minimum Gasteiger partial charge on any atom is -0.458 e. The Kier molecular flexibility index (Phi) is 3.27. The molecule has 1 saturated heterocycles. The fourth-order valence-corrected chi connectivity index (χ4v) is 4.01. The molecule has 0 spiro atoms. The van der Waals surface area contributed by atoms with Crippen LogP contribution < -0.4 is 0 Å². The van der Waals surface area contributed by atoms with Gasteiger partial charge in [-0.05, 0) is 30.8 Å². The second-order valence-corrected chi connectivity index (χ2v) is 6.24. The van der Waals surface area contributed by atoms with Gasteiger partial charge in [0.25, 0.3) is 0 Å². The van der Waals surface area contributed by atoms with Crippen LogP contribution in [0.2, 0.25) is 0 Å². The number of carbonyl (C=O) groups is 2. The van der Waals surface area contributed by atoms with Crippen LogP contribution in [0.4, 0.5) is 0 Å². The smallest absolute Gasteiger partial charge is 0.334 e. The van der Waals surface area contributed by atoms with Crippen molar-refractivity contribution in [3.8, 4) is 0 Å². The first kappa shape index (κ1) is 14.1. The van der Waals surface area contributed by atoms with Crippen molar-refractivity contribution in [3.63, 3.8) is 0 Å². The van der Waals surface area contributed by atoms with Crippen molar-refractivity contribution in [1.29, 1.82) is 0 Å². The summed E-state index contributed by atoms with van der Waals surface area (Å²) in [6.07, 6.45) is 1.84. The lowest BCUT2D eigenvalue weighted by atomic mass is 9.82. The zero-order chi connectivity index (χ0) is 15.3. The van der Waals surface area contributed by atoms with Crippen LogP contribution in [0.15, 0.2) is 36.5 Å². The molecule has 0 N–H and O–H groups in total. The molecule has 4 heteroatoms. The van der Waals surface area contributed by atoms with Gasteiger partial charge in [-0.1, -0.05) is 25.3 Å². The number of esters is 2. The molecule has 5 atom stereocenters. The summed E-state index contributed by atoms with van der Waals surface area (Å²) in [4.78, 5) is 23.1. The van der Waals surface area contributed by atoms with Gasteiger partial charge in [-0.3, -0.25) is 4.79 Å². The fraction of sp³-hybridized carbons (Fsp3) is 0.529. The molecule has 3 aliphatic rings. The van der Waals surface area contributed by atoms with Crippen molar-refractivity contribution in [2.24, 2.45) is 17.8 Å². The maximum atomic E-state index is 11.8. The molecule has 0 unspecified atom stereocenters. The van der Waals surface area contributed by atoms with E-state index >= 15 is 0 Å². The largest absolute Gasteiger partial charge is 0.458 e. The topological polar surface area (TPSA) is 52.6 Å². The molecule has 3 rings (SSSR count). The van der Waals surface area contributed by atoms with Crippen LogP contribution in [0, 0.1) is 17.8 Å². The first-order valence-corrected chi connectivity index (χ1v) is 7.33.